The maximum absolute atomic E-state index is 13.7. The topological polar surface area (TPSA) is 104 Å². The molecule has 6 heteroatoms. The molecule has 5 aliphatic carbocycles. The Labute approximate surface area is 196 Å². The molecule has 3 unspecified atom stereocenters. The lowest BCUT2D eigenvalue weighted by Crippen LogP contribution is -2.62. The van der Waals surface area contributed by atoms with Crippen molar-refractivity contribution in [1.82, 2.24) is 0 Å². The van der Waals surface area contributed by atoms with Crippen molar-refractivity contribution >= 4 is 11.8 Å². The molecule has 0 aromatic carbocycles. The number of hydrogen-bond donors (Lipinski definition) is 3. The van der Waals surface area contributed by atoms with Gasteiger partial charge in [-0.25, -0.2) is 0 Å². The standard InChI is InChI=1S/C27H40O6/c1-13-12-17(33-14(2)28)27(5,32)21-19(13)26(4)11-9-15-18(20(26)24(21)31)23(30)22(29)16-8-6-7-10-25(15,16)3/h12-13,15-16,18-22,24,29,31-32H,6-11H2,1-5H3/t13-,15+,16?,18-,19?,20?,21+,22-,24-,25-,26-,27+/m1/s1. The smallest absolute Gasteiger partial charge is 0.307 e. The summed E-state index contributed by atoms with van der Waals surface area (Å²) in [6.45, 7) is 9.43. The summed E-state index contributed by atoms with van der Waals surface area (Å²) < 4.78 is 5.41. The van der Waals surface area contributed by atoms with Crippen LogP contribution in [0.5, 0.6) is 0 Å². The second kappa shape index (κ2) is 7.38. The van der Waals surface area contributed by atoms with Crippen LogP contribution in [0, 0.1) is 52.3 Å². The van der Waals surface area contributed by atoms with Crippen LogP contribution in [0.15, 0.2) is 11.8 Å². The second-order valence-corrected chi connectivity index (χ2v) is 12.6. The first kappa shape index (κ1) is 23.5. The summed E-state index contributed by atoms with van der Waals surface area (Å²) in [6, 6.07) is 0. The maximum Gasteiger partial charge on any atom is 0.307 e. The largest absolute Gasteiger partial charge is 0.428 e. The van der Waals surface area contributed by atoms with Gasteiger partial charge in [0.2, 0.25) is 0 Å². The SMILES string of the molecule is CC(=O)OC1=C[C@@H](C)C2[C@@H]([C@H](O)C3[C@@H]4C(=O)[C@H](O)C5CCCC[C@]5(C)[C@H]4CC[C@@]32C)[C@@]1(C)O. The van der Waals surface area contributed by atoms with Gasteiger partial charge in [-0.15, -0.1) is 0 Å². The highest BCUT2D eigenvalue weighted by Crippen LogP contribution is 2.70. The number of fused-ring (bicyclic) bond motifs is 7. The number of rotatable bonds is 1. The third-order valence-corrected chi connectivity index (χ3v) is 11.0. The van der Waals surface area contributed by atoms with Crippen molar-refractivity contribution in [2.24, 2.45) is 52.3 Å². The molecule has 12 atom stereocenters. The Hall–Kier alpha value is -1.24. The predicted molar refractivity (Wildman–Crippen MR) is 122 cm³/mol. The molecular weight excluding hydrogens is 420 g/mol. The Morgan fingerprint density at radius 1 is 1.00 bits per heavy atom. The van der Waals surface area contributed by atoms with Crippen molar-refractivity contribution in [2.75, 3.05) is 0 Å². The summed E-state index contributed by atoms with van der Waals surface area (Å²) in [6.07, 6.45) is 5.84. The van der Waals surface area contributed by atoms with Crippen LogP contribution in [0.2, 0.25) is 0 Å². The van der Waals surface area contributed by atoms with Crippen molar-refractivity contribution in [3.05, 3.63) is 11.8 Å². The molecule has 4 saturated carbocycles. The fourth-order valence-corrected chi connectivity index (χ4v) is 9.76. The number of ketones is 1. The van der Waals surface area contributed by atoms with Crippen LogP contribution in [0.25, 0.3) is 0 Å². The van der Waals surface area contributed by atoms with Crippen LogP contribution >= 0.6 is 0 Å². The van der Waals surface area contributed by atoms with Gasteiger partial charge >= 0.3 is 5.97 Å². The van der Waals surface area contributed by atoms with Gasteiger partial charge < -0.3 is 20.1 Å². The molecule has 4 fully saturated rings. The minimum atomic E-state index is -1.51. The van der Waals surface area contributed by atoms with Gasteiger partial charge in [0.25, 0.3) is 0 Å². The highest BCUT2D eigenvalue weighted by atomic mass is 16.5. The Bertz CT molecular complexity index is 893. The maximum atomic E-state index is 13.7. The molecule has 0 saturated heterocycles. The average molecular weight is 461 g/mol. The molecule has 184 valence electrons. The molecule has 33 heavy (non-hydrogen) atoms. The molecule has 6 nitrogen and oxygen atoms in total. The minimum absolute atomic E-state index is 0.00412. The van der Waals surface area contributed by atoms with E-state index in [4.69, 9.17) is 4.74 Å². The van der Waals surface area contributed by atoms with Crippen molar-refractivity contribution in [1.29, 1.82) is 0 Å². The van der Waals surface area contributed by atoms with Crippen LogP contribution in [0.1, 0.15) is 73.1 Å². The van der Waals surface area contributed by atoms with Gasteiger partial charge in [-0.05, 0) is 73.2 Å². The Morgan fingerprint density at radius 2 is 1.70 bits per heavy atom. The van der Waals surface area contributed by atoms with E-state index in [1.807, 2.05) is 6.08 Å². The van der Waals surface area contributed by atoms with Crippen LogP contribution in [-0.2, 0) is 14.3 Å². The number of carbonyl (C=O) groups is 2. The van der Waals surface area contributed by atoms with E-state index < -0.39 is 35.6 Å². The molecule has 3 N–H and O–H groups in total. The van der Waals surface area contributed by atoms with E-state index in [2.05, 4.69) is 20.8 Å². The van der Waals surface area contributed by atoms with Gasteiger partial charge in [0.15, 0.2) is 5.78 Å². The van der Waals surface area contributed by atoms with Crippen molar-refractivity contribution in [2.45, 2.75) is 91.0 Å². The molecule has 0 amide bonds. The summed E-state index contributed by atoms with van der Waals surface area (Å²) in [5.74, 6) is -1.58. The molecule has 0 bridgehead atoms. The first-order valence-corrected chi connectivity index (χ1v) is 12.9. The zero-order valence-electron chi connectivity index (χ0n) is 20.6. The molecule has 0 spiro atoms. The Balaban J connectivity index is 1.59. The lowest BCUT2D eigenvalue weighted by molar-refractivity contribution is -0.183. The monoisotopic (exact) mass is 460 g/mol. The Kier molecular flexibility index (Phi) is 5.25. The minimum Gasteiger partial charge on any atom is -0.428 e. The van der Waals surface area contributed by atoms with E-state index in [0.717, 1.165) is 38.5 Å². The number of carbonyl (C=O) groups excluding carboxylic acids is 2. The number of Topliss-reactive ketones (excluding diaryl/α,β-unsaturated/α-hetero) is 1. The molecule has 0 heterocycles. The fourth-order valence-electron chi connectivity index (χ4n) is 9.76. The number of allylic oxidation sites excluding steroid dienone is 1. The van der Waals surface area contributed by atoms with Crippen LogP contribution in [-0.4, -0.2) is 44.9 Å². The number of hydrogen-bond acceptors (Lipinski definition) is 6. The van der Waals surface area contributed by atoms with Gasteiger partial charge in [-0.2, -0.15) is 0 Å². The van der Waals surface area contributed by atoms with E-state index in [9.17, 15) is 24.9 Å². The normalized spacial score (nSPS) is 55.6. The average Bonchev–Trinajstić information content (AvgIpc) is 2.98. The number of aliphatic hydroxyl groups is 3. The van der Waals surface area contributed by atoms with Gasteiger partial charge in [0.1, 0.15) is 17.5 Å². The molecule has 5 aliphatic rings. The van der Waals surface area contributed by atoms with Crippen molar-refractivity contribution < 1.29 is 29.6 Å². The lowest BCUT2D eigenvalue weighted by atomic mass is 9.43. The summed E-state index contributed by atoms with van der Waals surface area (Å²) in [4.78, 5) is 25.5. The zero-order chi connectivity index (χ0) is 24.1. The third-order valence-electron chi connectivity index (χ3n) is 11.0. The van der Waals surface area contributed by atoms with E-state index >= 15 is 0 Å². The fraction of sp³-hybridized carbons (Fsp3) is 0.852. The predicted octanol–water partition coefficient (Wildman–Crippen LogP) is 3.23. The summed E-state index contributed by atoms with van der Waals surface area (Å²) in [5, 5.41) is 34.6. The van der Waals surface area contributed by atoms with Crippen molar-refractivity contribution in [3.63, 3.8) is 0 Å². The quantitative estimate of drug-likeness (QED) is 0.519. The molecule has 5 rings (SSSR count). The number of aliphatic hydroxyl groups excluding tert-OH is 2. The third kappa shape index (κ3) is 2.96. The van der Waals surface area contributed by atoms with Gasteiger partial charge in [-0.1, -0.05) is 33.6 Å². The number of ether oxygens (including phenoxy) is 1. The second-order valence-electron chi connectivity index (χ2n) is 12.6. The zero-order valence-corrected chi connectivity index (χ0v) is 20.6. The number of esters is 1. The van der Waals surface area contributed by atoms with Gasteiger partial charge in [-0.3, -0.25) is 9.59 Å². The van der Waals surface area contributed by atoms with Crippen LogP contribution < -0.4 is 0 Å². The van der Waals surface area contributed by atoms with Gasteiger partial charge in [0.05, 0.1) is 6.10 Å². The van der Waals surface area contributed by atoms with E-state index in [1.165, 1.54) is 6.92 Å². The summed E-state index contributed by atoms with van der Waals surface area (Å²) in [5.41, 5.74) is -1.95. The highest BCUT2D eigenvalue weighted by Gasteiger charge is 2.72. The highest BCUT2D eigenvalue weighted by molar-refractivity contribution is 5.87. The molecule has 0 aliphatic heterocycles. The first-order chi connectivity index (χ1) is 15.4. The Morgan fingerprint density at radius 3 is 2.36 bits per heavy atom. The first-order valence-electron chi connectivity index (χ1n) is 12.9. The van der Waals surface area contributed by atoms with E-state index in [1.54, 1.807) is 6.92 Å². The molecule has 0 aromatic heterocycles. The van der Waals surface area contributed by atoms with E-state index in [-0.39, 0.29) is 52.0 Å². The summed E-state index contributed by atoms with van der Waals surface area (Å²) in [7, 11) is 0. The van der Waals surface area contributed by atoms with Crippen LogP contribution in [0.4, 0.5) is 0 Å². The van der Waals surface area contributed by atoms with Crippen molar-refractivity contribution in [3.8, 4) is 0 Å². The van der Waals surface area contributed by atoms with Gasteiger partial charge in [0, 0.05) is 24.7 Å². The molecule has 0 radical (unpaired) electrons. The molecular formula is C27H40O6. The van der Waals surface area contributed by atoms with E-state index in [0.29, 0.717) is 0 Å². The molecule has 0 aromatic rings. The van der Waals surface area contributed by atoms with Crippen LogP contribution in [0.3, 0.4) is 0 Å². The summed E-state index contributed by atoms with van der Waals surface area (Å²) >= 11 is 0. The lowest BCUT2D eigenvalue weighted by Gasteiger charge is -2.61.